The van der Waals surface area contributed by atoms with E-state index in [2.05, 4.69) is 5.10 Å². The first-order valence-corrected chi connectivity index (χ1v) is 7.34. The molecule has 3 rings (SSSR count). The summed E-state index contributed by atoms with van der Waals surface area (Å²) in [5, 5.41) is 13.9. The molecule has 1 aromatic heterocycles. The van der Waals surface area contributed by atoms with Gasteiger partial charge in [0.05, 0.1) is 11.8 Å². The van der Waals surface area contributed by atoms with Crippen LogP contribution >= 0.6 is 0 Å². The van der Waals surface area contributed by atoms with Gasteiger partial charge in [-0.25, -0.2) is 9.07 Å². The van der Waals surface area contributed by atoms with E-state index in [1.54, 1.807) is 27.8 Å². The van der Waals surface area contributed by atoms with Gasteiger partial charge in [-0.1, -0.05) is 0 Å². The first-order valence-electron chi connectivity index (χ1n) is 7.34. The van der Waals surface area contributed by atoms with Gasteiger partial charge >= 0.3 is 0 Å². The summed E-state index contributed by atoms with van der Waals surface area (Å²) in [6.45, 7) is 2.94. The molecule has 2 heterocycles. The monoisotopic (exact) mass is 303 g/mol. The van der Waals surface area contributed by atoms with Gasteiger partial charge < -0.3 is 10.0 Å². The molecule has 0 saturated carbocycles. The zero-order chi connectivity index (χ0) is 15.7. The van der Waals surface area contributed by atoms with Crippen molar-refractivity contribution in [3.05, 3.63) is 47.5 Å². The number of benzene rings is 1. The minimum Gasteiger partial charge on any atom is -0.393 e. The molecule has 1 aromatic carbocycles. The van der Waals surface area contributed by atoms with Gasteiger partial charge in [-0.15, -0.1) is 0 Å². The Hall–Kier alpha value is -2.21. The van der Waals surface area contributed by atoms with Crippen molar-refractivity contribution in [3.63, 3.8) is 0 Å². The molecule has 22 heavy (non-hydrogen) atoms. The predicted octanol–water partition coefficient (Wildman–Crippen LogP) is 1.92. The summed E-state index contributed by atoms with van der Waals surface area (Å²) < 4.78 is 14.6. The quantitative estimate of drug-likeness (QED) is 0.922. The van der Waals surface area contributed by atoms with Crippen LogP contribution in [0.4, 0.5) is 4.39 Å². The van der Waals surface area contributed by atoms with Gasteiger partial charge in [0, 0.05) is 18.8 Å². The van der Waals surface area contributed by atoms with Crippen molar-refractivity contribution in [2.45, 2.75) is 25.9 Å². The van der Waals surface area contributed by atoms with Gasteiger partial charge in [0.1, 0.15) is 5.82 Å². The van der Waals surface area contributed by atoms with Gasteiger partial charge in [-0.05, 0) is 50.1 Å². The van der Waals surface area contributed by atoms with Gasteiger partial charge in [0.15, 0.2) is 5.69 Å². The normalized spacial score (nSPS) is 16.0. The third-order valence-electron chi connectivity index (χ3n) is 3.93. The Morgan fingerprint density at radius 3 is 2.55 bits per heavy atom. The van der Waals surface area contributed by atoms with E-state index in [0.29, 0.717) is 37.3 Å². The lowest BCUT2D eigenvalue weighted by Gasteiger charge is -2.28. The zero-order valence-corrected chi connectivity index (χ0v) is 12.4. The fraction of sp³-hybridized carbons (Fsp3) is 0.375. The number of piperidine rings is 1. The lowest BCUT2D eigenvalue weighted by atomic mass is 10.1. The van der Waals surface area contributed by atoms with Crippen LogP contribution < -0.4 is 0 Å². The van der Waals surface area contributed by atoms with Crippen molar-refractivity contribution in [3.8, 4) is 5.69 Å². The number of likely N-dealkylation sites (tertiary alicyclic amines) is 1. The highest BCUT2D eigenvalue weighted by Crippen LogP contribution is 2.16. The van der Waals surface area contributed by atoms with E-state index in [4.69, 9.17) is 0 Å². The van der Waals surface area contributed by atoms with Crippen LogP contribution in [0.25, 0.3) is 5.69 Å². The van der Waals surface area contributed by atoms with E-state index in [1.165, 1.54) is 12.1 Å². The predicted molar refractivity (Wildman–Crippen MR) is 79.4 cm³/mol. The second-order valence-electron chi connectivity index (χ2n) is 5.58. The molecule has 1 fully saturated rings. The minimum atomic E-state index is -0.317. The maximum Gasteiger partial charge on any atom is 0.274 e. The van der Waals surface area contributed by atoms with Crippen molar-refractivity contribution >= 4 is 5.91 Å². The maximum atomic E-state index is 13.0. The van der Waals surface area contributed by atoms with E-state index in [0.717, 1.165) is 5.69 Å². The number of hydrogen-bond acceptors (Lipinski definition) is 3. The molecule has 0 atom stereocenters. The van der Waals surface area contributed by atoms with Crippen molar-refractivity contribution < 1.29 is 14.3 Å². The number of hydrogen-bond donors (Lipinski definition) is 1. The zero-order valence-electron chi connectivity index (χ0n) is 12.4. The number of carbonyl (C=O) groups is 1. The third kappa shape index (κ3) is 2.87. The third-order valence-corrected chi connectivity index (χ3v) is 3.93. The molecule has 0 radical (unpaired) electrons. The second-order valence-corrected chi connectivity index (χ2v) is 5.58. The SMILES string of the molecule is Cc1cc(C(=O)N2CCC(O)CC2)nn1-c1ccc(F)cc1. The fourth-order valence-electron chi connectivity index (χ4n) is 2.65. The summed E-state index contributed by atoms with van der Waals surface area (Å²) in [5.41, 5.74) is 1.90. The van der Waals surface area contributed by atoms with Crippen LogP contribution in [0.5, 0.6) is 0 Å². The van der Waals surface area contributed by atoms with Gasteiger partial charge in [0.2, 0.25) is 0 Å². The van der Waals surface area contributed by atoms with Crippen molar-refractivity contribution in [1.82, 2.24) is 14.7 Å². The number of amides is 1. The number of aryl methyl sites for hydroxylation is 1. The summed E-state index contributed by atoms with van der Waals surface area (Å²) in [6.07, 6.45) is 0.884. The van der Waals surface area contributed by atoms with E-state index >= 15 is 0 Å². The first-order chi connectivity index (χ1) is 10.5. The Balaban J connectivity index is 1.82. The molecule has 6 heteroatoms. The fourth-order valence-corrected chi connectivity index (χ4v) is 2.65. The number of halogens is 1. The number of carbonyl (C=O) groups excluding carboxylic acids is 1. The van der Waals surface area contributed by atoms with Crippen LogP contribution in [-0.2, 0) is 0 Å². The molecule has 0 bridgehead atoms. The second kappa shape index (κ2) is 5.88. The van der Waals surface area contributed by atoms with Crippen LogP contribution in [0.3, 0.4) is 0 Å². The number of aliphatic hydroxyl groups is 1. The van der Waals surface area contributed by atoms with Crippen LogP contribution in [0, 0.1) is 12.7 Å². The van der Waals surface area contributed by atoms with Crippen LogP contribution in [-0.4, -0.2) is 44.9 Å². The van der Waals surface area contributed by atoms with E-state index in [1.807, 2.05) is 6.92 Å². The topological polar surface area (TPSA) is 58.4 Å². The molecule has 2 aromatic rings. The summed E-state index contributed by atoms with van der Waals surface area (Å²) in [6, 6.07) is 7.71. The smallest absolute Gasteiger partial charge is 0.274 e. The molecule has 0 spiro atoms. The highest BCUT2D eigenvalue weighted by molar-refractivity contribution is 5.92. The van der Waals surface area contributed by atoms with Crippen LogP contribution in [0.15, 0.2) is 30.3 Å². The van der Waals surface area contributed by atoms with E-state index in [9.17, 15) is 14.3 Å². The molecule has 1 aliphatic rings. The Bertz CT molecular complexity index is 673. The standard InChI is InChI=1S/C16H18FN3O2/c1-11-10-15(16(22)19-8-6-14(21)7-9-19)18-20(11)13-4-2-12(17)3-5-13/h2-5,10,14,21H,6-9H2,1H3. The van der Waals surface area contributed by atoms with E-state index < -0.39 is 0 Å². The average Bonchev–Trinajstić information content (AvgIpc) is 2.90. The lowest BCUT2D eigenvalue weighted by molar-refractivity contribution is 0.0541. The van der Waals surface area contributed by atoms with Gasteiger partial charge in [0.25, 0.3) is 5.91 Å². The molecule has 0 unspecified atom stereocenters. The molecule has 1 amide bonds. The molecule has 116 valence electrons. The van der Waals surface area contributed by atoms with E-state index in [-0.39, 0.29) is 17.8 Å². The first kappa shape index (κ1) is 14.7. The summed E-state index contributed by atoms with van der Waals surface area (Å²) in [5.74, 6) is -0.437. The number of nitrogens with zero attached hydrogens (tertiary/aromatic N) is 3. The van der Waals surface area contributed by atoms with Crippen LogP contribution in [0.2, 0.25) is 0 Å². The largest absolute Gasteiger partial charge is 0.393 e. The summed E-state index contributed by atoms with van der Waals surface area (Å²) >= 11 is 0. The number of aromatic nitrogens is 2. The summed E-state index contributed by atoms with van der Waals surface area (Å²) in [7, 11) is 0. The minimum absolute atomic E-state index is 0.129. The Morgan fingerprint density at radius 1 is 1.27 bits per heavy atom. The average molecular weight is 303 g/mol. The molecule has 0 aliphatic carbocycles. The molecular formula is C16H18FN3O2. The van der Waals surface area contributed by atoms with Crippen molar-refractivity contribution in [1.29, 1.82) is 0 Å². The highest BCUT2D eigenvalue weighted by Gasteiger charge is 2.24. The lowest BCUT2D eigenvalue weighted by Crippen LogP contribution is -2.40. The Morgan fingerprint density at radius 2 is 1.91 bits per heavy atom. The summed E-state index contributed by atoms with van der Waals surface area (Å²) in [4.78, 5) is 14.2. The Kier molecular flexibility index (Phi) is 3.94. The number of aliphatic hydroxyl groups excluding tert-OH is 1. The molecule has 1 N–H and O–H groups in total. The van der Waals surface area contributed by atoms with Crippen molar-refractivity contribution in [2.24, 2.45) is 0 Å². The molecule has 1 aliphatic heterocycles. The Labute approximate surface area is 128 Å². The molecule has 5 nitrogen and oxygen atoms in total. The van der Waals surface area contributed by atoms with Crippen molar-refractivity contribution in [2.75, 3.05) is 13.1 Å². The van der Waals surface area contributed by atoms with Gasteiger partial charge in [-0.3, -0.25) is 4.79 Å². The maximum absolute atomic E-state index is 13.0. The highest BCUT2D eigenvalue weighted by atomic mass is 19.1. The molecule has 1 saturated heterocycles. The van der Waals surface area contributed by atoms with Crippen LogP contribution in [0.1, 0.15) is 29.0 Å². The van der Waals surface area contributed by atoms with Gasteiger partial charge in [-0.2, -0.15) is 5.10 Å². The molecular weight excluding hydrogens is 285 g/mol. The number of rotatable bonds is 2.